The molecule has 4 nitrogen and oxygen atoms in total. The van der Waals surface area contributed by atoms with Crippen LogP contribution in [0.4, 0.5) is 0 Å². The van der Waals surface area contributed by atoms with E-state index >= 15 is 0 Å². The van der Waals surface area contributed by atoms with Crippen LogP contribution in [0.3, 0.4) is 0 Å². The van der Waals surface area contributed by atoms with Gasteiger partial charge in [0.15, 0.2) is 0 Å². The van der Waals surface area contributed by atoms with Crippen LogP contribution in [-0.4, -0.2) is 24.4 Å². The quantitative estimate of drug-likeness (QED) is 0.878. The van der Waals surface area contributed by atoms with Crippen molar-refractivity contribution in [2.75, 3.05) is 6.54 Å². The molecule has 0 radical (unpaired) electrons. The van der Waals surface area contributed by atoms with E-state index in [-0.39, 0.29) is 23.8 Å². The van der Waals surface area contributed by atoms with Crippen molar-refractivity contribution in [3.05, 3.63) is 35.4 Å². The zero-order valence-electron chi connectivity index (χ0n) is 13.7. The number of nitrogens with one attached hydrogen (secondary N) is 2. The highest BCUT2D eigenvalue weighted by molar-refractivity contribution is 5.79. The SMILES string of the molecule is CC(C)c1ccc([C@H](C)CC(=O)N[C@H]2CCC(=O)NC2)cc1. The summed E-state index contributed by atoms with van der Waals surface area (Å²) in [6.45, 7) is 6.97. The van der Waals surface area contributed by atoms with E-state index in [2.05, 4.69) is 55.7 Å². The molecule has 1 saturated heterocycles. The van der Waals surface area contributed by atoms with Gasteiger partial charge in [-0.1, -0.05) is 45.0 Å². The molecule has 2 N–H and O–H groups in total. The molecular formula is C18H26N2O2. The van der Waals surface area contributed by atoms with Gasteiger partial charge in [0.2, 0.25) is 11.8 Å². The number of carbonyl (C=O) groups excluding carboxylic acids is 2. The summed E-state index contributed by atoms with van der Waals surface area (Å²) >= 11 is 0. The first kappa shape index (κ1) is 16.5. The first-order chi connectivity index (χ1) is 10.5. The summed E-state index contributed by atoms with van der Waals surface area (Å²) in [6.07, 6.45) is 1.71. The summed E-state index contributed by atoms with van der Waals surface area (Å²) in [5, 5.41) is 5.80. The molecule has 1 heterocycles. The lowest BCUT2D eigenvalue weighted by Gasteiger charge is -2.24. The minimum absolute atomic E-state index is 0.0570. The highest BCUT2D eigenvalue weighted by Crippen LogP contribution is 2.22. The van der Waals surface area contributed by atoms with Gasteiger partial charge < -0.3 is 10.6 Å². The number of amides is 2. The molecule has 0 aromatic heterocycles. The van der Waals surface area contributed by atoms with Crippen LogP contribution >= 0.6 is 0 Å². The smallest absolute Gasteiger partial charge is 0.220 e. The van der Waals surface area contributed by atoms with Crippen molar-refractivity contribution in [1.29, 1.82) is 0 Å². The third kappa shape index (κ3) is 4.58. The van der Waals surface area contributed by atoms with E-state index in [0.29, 0.717) is 25.3 Å². The first-order valence-electron chi connectivity index (χ1n) is 8.11. The molecule has 4 heteroatoms. The average molecular weight is 302 g/mol. The van der Waals surface area contributed by atoms with E-state index in [1.807, 2.05) is 0 Å². The van der Waals surface area contributed by atoms with Crippen LogP contribution in [-0.2, 0) is 9.59 Å². The fraction of sp³-hybridized carbons (Fsp3) is 0.556. The minimum atomic E-state index is 0.0570. The Bertz CT molecular complexity index is 512. The molecule has 2 amide bonds. The third-order valence-electron chi connectivity index (χ3n) is 4.29. The van der Waals surface area contributed by atoms with E-state index in [1.54, 1.807) is 0 Å². The second kappa shape index (κ2) is 7.43. The number of rotatable bonds is 5. The van der Waals surface area contributed by atoms with Gasteiger partial charge in [0.05, 0.1) is 0 Å². The van der Waals surface area contributed by atoms with Crippen LogP contribution in [0.25, 0.3) is 0 Å². The molecule has 22 heavy (non-hydrogen) atoms. The lowest BCUT2D eigenvalue weighted by atomic mass is 9.94. The second-order valence-electron chi connectivity index (χ2n) is 6.53. The maximum atomic E-state index is 12.1. The molecule has 1 aliphatic heterocycles. The van der Waals surface area contributed by atoms with Gasteiger partial charge in [-0.15, -0.1) is 0 Å². The van der Waals surface area contributed by atoms with Gasteiger partial charge in [0.1, 0.15) is 0 Å². The van der Waals surface area contributed by atoms with E-state index in [0.717, 1.165) is 6.42 Å². The van der Waals surface area contributed by atoms with Gasteiger partial charge in [0, 0.05) is 25.4 Å². The maximum absolute atomic E-state index is 12.1. The van der Waals surface area contributed by atoms with Crippen LogP contribution in [0, 0.1) is 0 Å². The van der Waals surface area contributed by atoms with Gasteiger partial charge in [-0.3, -0.25) is 9.59 Å². The number of piperidine rings is 1. The molecule has 2 rings (SSSR count). The van der Waals surface area contributed by atoms with Crippen molar-refractivity contribution in [3.8, 4) is 0 Å². The Labute approximate surface area is 132 Å². The maximum Gasteiger partial charge on any atom is 0.220 e. The molecule has 1 fully saturated rings. The Hall–Kier alpha value is -1.84. The Morgan fingerprint density at radius 1 is 1.23 bits per heavy atom. The minimum Gasteiger partial charge on any atom is -0.354 e. The first-order valence-corrected chi connectivity index (χ1v) is 8.11. The summed E-state index contributed by atoms with van der Waals surface area (Å²) in [7, 11) is 0. The Morgan fingerprint density at radius 3 is 2.41 bits per heavy atom. The monoisotopic (exact) mass is 302 g/mol. The highest BCUT2D eigenvalue weighted by Gasteiger charge is 2.20. The summed E-state index contributed by atoms with van der Waals surface area (Å²) < 4.78 is 0. The topological polar surface area (TPSA) is 58.2 Å². The summed E-state index contributed by atoms with van der Waals surface area (Å²) in [5.41, 5.74) is 2.51. The third-order valence-corrected chi connectivity index (χ3v) is 4.29. The van der Waals surface area contributed by atoms with Gasteiger partial charge in [-0.2, -0.15) is 0 Å². The van der Waals surface area contributed by atoms with Crippen molar-refractivity contribution in [2.45, 2.75) is 57.9 Å². The molecule has 0 spiro atoms. The molecule has 120 valence electrons. The molecule has 1 aromatic rings. The van der Waals surface area contributed by atoms with Crippen LogP contribution in [0.2, 0.25) is 0 Å². The van der Waals surface area contributed by atoms with Crippen molar-refractivity contribution in [1.82, 2.24) is 10.6 Å². The van der Waals surface area contributed by atoms with E-state index < -0.39 is 0 Å². The summed E-state index contributed by atoms with van der Waals surface area (Å²) in [5.74, 6) is 0.847. The molecule has 1 aromatic carbocycles. The predicted molar refractivity (Wildman–Crippen MR) is 87.7 cm³/mol. The molecule has 2 atom stereocenters. The lowest BCUT2D eigenvalue weighted by molar-refractivity contribution is -0.125. The highest BCUT2D eigenvalue weighted by atomic mass is 16.2. The number of hydrogen-bond acceptors (Lipinski definition) is 2. The zero-order chi connectivity index (χ0) is 16.1. The lowest BCUT2D eigenvalue weighted by Crippen LogP contribution is -2.47. The van der Waals surface area contributed by atoms with Crippen LogP contribution in [0.1, 0.15) is 63.0 Å². The van der Waals surface area contributed by atoms with E-state index in [9.17, 15) is 9.59 Å². The van der Waals surface area contributed by atoms with E-state index in [1.165, 1.54) is 11.1 Å². The van der Waals surface area contributed by atoms with Crippen molar-refractivity contribution in [2.24, 2.45) is 0 Å². The predicted octanol–water partition coefficient (Wildman–Crippen LogP) is 2.70. The average Bonchev–Trinajstić information content (AvgIpc) is 2.49. The number of carbonyl (C=O) groups is 2. The summed E-state index contributed by atoms with van der Waals surface area (Å²) in [6, 6.07) is 8.60. The standard InChI is InChI=1S/C18H26N2O2/c1-12(2)14-4-6-15(7-5-14)13(3)10-18(22)20-16-8-9-17(21)19-11-16/h4-7,12-13,16H,8-11H2,1-3H3,(H,19,21)(H,20,22)/t13-,16+/m1/s1. The van der Waals surface area contributed by atoms with E-state index in [4.69, 9.17) is 0 Å². The fourth-order valence-electron chi connectivity index (χ4n) is 2.75. The van der Waals surface area contributed by atoms with Crippen LogP contribution < -0.4 is 10.6 Å². The Balaban J connectivity index is 1.84. The Kier molecular flexibility index (Phi) is 5.58. The Morgan fingerprint density at radius 2 is 1.86 bits per heavy atom. The normalized spacial score (nSPS) is 19.6. The van der Waals surface area contributed by atoms with Crippen LogP contribution in [0.5, 0.6) is 0 Å². The van der Waals surface area contributed by atoms with Crippen molar-refractivity contribution in [3.63, 3.8) is 0 Å². The molecular weight excluding hydrogens is 276 g/mol. The molecule has 0 bridgehead atoms. The van der Waals surface area contributed by atoms with Crippen molar-refractivity contribution < 1.29 is 9.59 Å². The van der Waals surface area contributed by atoms with Crippen LogP contribution in [0.15, 0.2) is 24.3 Å². The van der Waals surface area contributed by atoms with Gasteiger partial charge >= 0.3 is 0 Å². The summed E-state index contributed by atoms with van der Waals surface area (Å²) in [4.78, 5) is 23.2. The molecule has 0 aliphatic carbocycles. The number of hydrogen-bond donors (Lipinski definition) is 2. The molecule has 0 unspecified atom stereocenters. The van der Waals surface area contributed by atoms with Gasteiger partial charge in [0.25, 0.3) is 0 Å². The van der Waals surface area contributed by atoms with Gasteiger partial charge in [-0.05, 0) is 29.4 Å². The fourth-order valence-corrected chi connectivity index (χ4v) is 2.75. The van der Waals surface area contributed by atoms with Crippen molar-refractivity contribution >= 4 is 11.8 Å². The largest absolute Gasteiger partial charge is 0.354 e. The zero-order valence-corrected chi connectivity index (χ0v) is 13.7. The molecule has 1 aliphatic rings. The van der Waals surface area contributed by atoms with Gasteiger partial charge in [-0.25, -0.2) is 0 Å². The number of benzene rings is 1. The second-order valence-corrected chi connectivity index (χ2v) is 6.53. The molecule has 0 saturated carbocycles.